The maximum absolute atomic E-state index is 13.2. The summed E-state index contributed by atoms with van der Waals surface area (Å²) in [6.07, 6.45) is 0.724. The van der Waals surface area contributed by atoms with Crippen LogP contribution < -0.4 is 16.4 Å². The molecule has 0 saturated carbocycles. The summed E-state index contributed by atoms with van der Waals surface area (Å²) in [7, 11) is -1.81. The van der Waals surface area contributed by atoms with Crippen LogP contribution in [0.1, 0.15) is 12.0 Å². The van der Waals surface area contributed by atoms with Crippen molar-refractivity contribution in [1.29, 1.82) is 0 Å². The summed E-state index contributed by atoms with van der Waals surface area (Å²) in [5.41, 5.74) is -0.854. The highest BCUT2D eigenvalue weighted by Gasteiger charge is 2.28. The van der Waals surface area contributed by atoms with E-state index in [1.54, 1.807) is 19.1 Å². The van der Waals surface area contributed by atoms with Crippen molar-refractivity contribution in [2.45, 2.75) is 24.8 Å². The van der Waals surface area contributed by atoms with Crippen molar-refractivity contribution in [3.05, 3.63) is 54.5 Å². The van der Waals surface area contributed by atoms with Crippen LogP contribution in [-0.4, -0.2) is 66.5 Å². The lowest BCUT2D eigenvalue weighted by Gasteiger charge is -2.22. The van der Waals surface area contributed by atoms with E-state index in [1.807, 2.05) is 7.05 Å². The molecule has 0 unspecified atom stereocenters. The highest BCUT2D eigenvalue weighted by molar-refractivity contribution is 7.89. The standard InChI is InChI=1S/C19H23Cl2N5O5S/c1-12-4-5-13(10-14(12)32(30,31)25-7-3-6-24(2)8-9-25)22-15(27)11-26-19(29)17(21)16(20)18(28)23-26/h4-5,10H,3,6-9,11H2,1-2H3,(H,22,27)(H,23,28). The van der Waals surface area contributed by atoms with E-state index in [-0.39, 0.29) is 10.6 Å². The van der Waals surface area contributed by atoms with Gasteiger partial charge in [0.05, 0.1) is 4.90 Å². The minimum atomic E-state index is -3.76. The van der Waals surface area contributed by atoms with Gasteiger partial charge in [-0.3, -0.25) is 19.5 Å². The number of sulfonamides is 1. The molecule has 0 bridgehead atoms. The second kappa shape index (κ2) is 9.75. The molecule has 2 N–H and O–H groups in total. The first kappa shape index (κ1) is 24.5. The Morgan fingerprint density at radius 1 is 1.12 bits per heavy atom. The van der Waals surface area contributed by atoms with Crippen LogP contribution >= 0.6 is 23.2 Å². The Labute approximate surface area is 194 Å². The molecule has 32 heavy (non-hydrogen) atoms. The normalized spacial score (nSPS) is 16.0. The number of anilines is 1. The number of rotatable bonds is 5. The smallest absolute Gasteiger partial charge is 0.286 e. The summed E-state index contributed by atoms with van der Waals surface area (Å²) in [5.74, 6) is -0.662. The fraction of sp³-hybridized carbons (Fsp3) is 0.421. The van der Waals surface area contributed by atoms with Gasteiger partial charge in [0, 0.05) is 25.3 Å². The summed E-state index contributed by atoms with van der Waals surface area (Å²) < 4.78 is 28.6. The molecule has 3 rings (SSSR count). The Morgan fingerprint density at radius 2 is 1.84 bits per heavy atom. The minimum Gasteiger partial charge on any atom is -0.324 e. The second-order valence-corrected chi connectivity index (χ2v) is 10.2. The van der Waals surface area contributed by atoms with Gasteiger partial charge in [-0.25, -0.2) is 13.1 Å². The molecule has 1 aliphatic rings. The van der Waals surface area contributed by atoms with E-state index in [0.717, 1.165) is 17.6 Å². The Hall–Kier alpha value is -2.18. The zero-order valence-corrected chi connectivity index (χ0v) is 19.9. The average molecular weight is 504 g/mol. The minimum absolute atomic E-state index is 0.0972. The molecule has 1 fully saturated rings. The van der Waals surface area contributed by atoms with E-state index in [4.69, 9.17) is 23.2 Å². The Morgan fingerprint density at radius 3 is 2.56 bits per heavy atom. The quantitative estimate of drug-likeness (QED) is 0.629. The topological polar surface area (TPSA) is 125 Å². The molecule has 1 aromatic carbocycles. The number of halogens is 2. The monoisotopic (exact) mass is 503 g/mol. The SMILES string of the molecule is Cc1ccc(NC(=O)Cn2[nH]c(=O)c(Cl)c(Cl)c2=O)cc1S(=O)(=O)N1CCCN(C)CC1. The zero-order valence-electron chi connectivity index (χ0n) is 17.5. The molecule has 2 heterocycles. The molecule has 1 aromatic heterocycles. The molecular weight excluding hydrogens is 481 g/mol. The number of amides is 1. The van der Waals surface area contributed by atoms with Crippen LogP contribution in [0.25, 0.3) is 0 Å². The zero-order chi connectivity index (χ0) is 23.6. The first-order valence-corrected chi connectivity index (χ1v) is 12.0. The van der Waals surface area contributed by atoms with Crippen LogP contribution in [0.15, 0.2) is 32.7 Å². The number of aromatic amines is 1. The molecule has 0 atom stereocenters. The molecule has 0 radical (unpaired) electrons. The Bertz CT molecular complexity index is 1260. The van der Waals surface area contributed by atoms with Gasteiger partial charge < -0.3 is 10.2 Å². The third-order valence-corrected chi connectivity index (χ3v) is 7.98. The largest absolute Gasteiger partial charge is 0.324 e. The first-order chi connectivity index (χ1) is 15.0. The Balaban J connectivity index is 1.82. The van der Waals surface area contributed by atoms with Crippen molar-refractivity contribution in [3.63, 3.8) is 0 Å². The number of carbonyl (C=O) groups is 1. The molecule has 1 saturated heterocycles. The van der Waals surface area contributed by atoms with Gasteiger partial charge in [-0.2, -0.15) is 4.31 Å². The Kier molecular flexibility index (Phi) is 7.46. The third kappa shape index (κ3) is 5.24. The van der Waals surface area contributed by atoms with Gasteiger partial charge in [-0.15, -0.1) is 0 Å². The van der Waals surface area contributed by atoms with Crippen LogP contribution in [0.4, 0.5) is 5.69 Å². The van der Waals surface area contributed by atoms with Gasteiger partial charge in [0.25, 0.3) is 11.1 Å². The van der Waals surface area contributed by atoms with Gasteiger partial charge >= 0.3 is 0 Å². The fourth-order valence-corrected chi connectivity index (χ4v) is 5.38. The molecule has 1 amide bonds. The van der Waals surface area contributed by atoms with Crippen LogP contribution in [0, 0.1) is 6.92 Å². The molecule has 0 aliphatic carbocycles. The van der Waals surface area contributed by atoms with E-state index in [0.29, 0.717) is 25.2 Å². The van der Waals surface area contributed by atoms with Crippen LogP contribution in [-0.2, 0) is 21.4 Å². The van der Waals surface area contributed by atoms with E-state index >= 15 is 0 Å². The van der Waals surface area contributed by atoms with Gasteiger partial charge in [-0.05, 0) is 44.6 Å². The average Bonchev–Trinajstić information content (AvgIpc) is 2.96. The number of aryl methyl sites for hydroxylation is 1. The van der Waals surface area contributed by atoms with Crippen LogP contribution in [0.2, 0.25) is 10.0 Å². The lowest BCUT2D eigenvalue weighted by Crippen LogP contribution is -2.35. The van der Waals surface area contributed by atoms with Gasteiger partial charge in [0.1, 0.15) is 16.6 Å². The predicted octanol–water partition coefficient (Wildman–Crippen LogP) is 1.12. The van der Waals surface area contributed by atoms with Gasteiger partial charge in [-0.1, -0.05) is 29.3 Å². The number of carbonyl (C=O) groups excluding carboxylic acids is 1. The van der Waals surface area contributed by atoms with Crippen molar-refractivity contribution in [2.75, 3.05) is 38.5 Å². The third-order valence-electron chi connectivity index (χ3n) is 5.13. The van der Waals surface area contributed by atoms with Crippen molar-refractivity contribution >= 4 is 44.8 Å². The second-order valence-electron chi connectivity index (χ2n) is 7.55. The van der Waals surface area contributed by atoms with E-state index in [1.165, 1.54) is 10.4 Å². The summed E-state index contributed by atoms with van der Waals surface area (Å²) in [6.45, 7) is 3.38. The summed E-state index contributed by atoms with van der Waals surface area (Å²) in [5, 5.41) is 3.76. The lowest BCUT2D eigenvalue weighted by molar-refractivity contribution is -0.117. The number of H-pyrrole nitrogens is 1. The van der Waals surface area contributed by atoms with Crippen molar-refractivity contribution in [1.82, 2.24) is 19.0 Å². The highest BCUT2D eigenvalue weighted by atomic mass is 35.5. The van der Waals surface area contributed by atoms with Crippen molar-refractivity contribution in [3.8, 4) is 0 Å². The van der Waals surface area contributed by atoms with Crippen LogP contribution in [0.5, 0.6) is 0 Å². The number of hydrogen-bond acceptors (Lipinski definition) is 6. The van der Waals surface area contributed by atoms with Crippen molar-refractivity contribution < 1.29 is 13.2 Å². The number of hydrogen-bond donors (Lipinski definition) is 2. The fourth-order valence-electron chi connectivity index (χ4n) is 3.35. The summed E-state index contributed by atoms with van der Waals surface area (Å²) in [4.78, 5) is 38.4. The molecule has 0 spiro atoms. The molecule has 1 aliphatic heterocycles. The number of nitrogens with zero attached hydrogens (tertiary/aromatic N) is 3. The number of benzene rings is 1. The molecule has 10 nitrogen and oxygen atoms in total. The predicted molar refractivity (Wildman–Crippen MR) is 122 cm³/mol. The van der Waals surface area contributed by atoms with Crippen LogP contribution in [0.3, 0.4) is 0 Å². The lowest BCUT2D eigenvalue weighted by atomic mass is 10.2. The summed E-state index contributed by atoms with van der Waals surface area (Å²) in [6, 6.07) is 4.54. The summed E-state index contributed by atoms with van der Waals surface area (Å²) >= 11 is 11.3. The molecule has 2 aromatic rings. The maximum atomic E-state index is 13.2. The molecular formula is C19H23Cl2N5O5S. The highest BCUT2D eigenvalue weighted by Crippen LogP contribution is 2.24. The number of aromatic nitrogens is 2. The molecule has 174 valence electrons. The van der Waals surface area contributed by atoms with Gasteiger partial charge in [0.2, 0.25) is 15.9 Å². The van der Waals surface area contributed by atoms with E-state index < -0.39 is 43.6 Å². The van der Waals surface area contributed by atoms with E-state index in [2.05, 4.69) is 15.3 Å². The maximum Gasteiger partial charge on any atom is 0.286 e. The number of likely N-dealkylation sites (N-methyl/N-ethyl adjacent to an activating group) is 1. The molecule has 13 heteroatoms. The van der Waals surface area contributed by atoms with Gasteiger partial charge in [0.15, 0.2) is 0 Å². The van der Waals surface area contributed by atoms with E-state index in [9.17, 15) is 22.8 Å². The number of nitrogens with one attached hydrogen (secondary N) is 2. The van der Waals surface area contributed by atoms with Crippen molar-refractivity contribution in [2.24, 2.45) is 0 Å². The first-order valence-electron chi connectivity index (χ1n) is 9.78.